The first-order valence-electron chi connectivity index (χ1n) is 5.20. The molecule has 0 aliphatic heterocycles. The van der Waals surface area contributed by atoms with E-state index in [2.05, 4.69) is 0 Å². The van der Waals surface area contributed by atoms with Crippen molar-refractivity contribution in [1.82, 2.24) is 4.31 Å². The summed E-state index contributed by atoms with van der Waals surface area (Å²) >= 11 is 5.58. The molecule has 0 aromatic heterocycles. The van der Waals surface area contributed by atoms with Crippen LogP contribution >= 0.6 is 11.6 Å². The molecule has 1 rings (SSSR count). The molecule has 1 aromatic rings. The second-order valence-electron chi connectivity index (χ2n) is 3.55. The molecule has 7 heteroatoms. The van der Waals surface area contributed by atoms with Crippen LogP contribution in [0.3, 0.4) is 0 Å². The minimum absolute atomic E-state index is 0.00103. The molecular formula is C11H12ClFN2O2S. The Morgan fingerprint density at radius 2 is 2.17 bits per heavy atom. The first-order valence-corrected chi connectivity index (χ1v) is 7.18. The molecule has 98 valence electrons. The van der Waals surface area contributed by atoms with E-state index >= 15 is 0 Å². The smallest absolute Gasteiger partial charge is 0.212 e. The van der Waals surface area contributed by atoms with Gasteiger partial charge in [-0.25, -0.2) is 12.8 Å². The highest BCUT2D eigenvalue weighted by Gasteiger charge is 2.22. The highest BCUT2D eigenvalue weighted by Crippen LogP contribution is 2.20. The zero-order valence-electron chi connectivity index (χ0n) is 9.73. The normalized spacial score (nSPS) is 11.5. The van der Waals surface area contributed by atoms with Crippen molar-refractivity contribution in [3.63, 3.8) is 0 Å². The van der Waals surface area contributed by atoms with Gasteiger partial charge in [0.25, 0.3) is 0 Å². The van der Waals surface area contributed by atoms with Gasteiger partial charge in [-0.3, -0.25) is 0 Å². The zero-order chi connectivity index (χ0) is 13.8. The van der Waals surface area contributed by atoms with Crippen LogP contribution in [0.2, 0.25) is 5.02 Å². The monoisotopic (exact) mass is 290 g/mol. The predicted molar refractivity (Wildman–Crippen MR) is 66.9 cm³/mol. The third kappa shape index (κ3) is 3.42. The van der Waals surface area contributed by atoms with E-state index in [0.717, 1.165) is 4.31 Å². The largest absolute Gasteiger partial charge is 0.219 e. The Bertz CT molecular complexity index is 569. The lowest BCUT2D eigenvalue weighted by atomic mass is 10.2. The number of hydrogen-bond donors (Lipinski definition) is 0. The minimum Gasteiger partial charge on any atom is -0.212 e. The molecule has 0 unspecified atom stereocenters. The Balaban J connectivity index is 3.02. The number of sulfonamides is 1. The summed E-state index contributed by atoms with van der Waals surface area (Å²) in [6, 6.07) is 5.95. The van der Waals surface area contributed by atoms with Gasteiger partial charge in [0.2, 0.25) is 10.0 Å². The van der Waals surface area contributed by atoms with E-state index in [4.69, 9.17) is 16.9 Å². The van der Waals surface area contributed by atoms with Crippen LogP contribution in [0.5, 0.6) is 0 Å². The number of hydrogen-bond acceptors (Lipinski definition) is 3. The maximum atomic E-state index is 13.6. The maximum absolute atomic E-state index is 13.6. The molecular weight excluding hydrogens is 279 g/mol. The van der Waals surface area contributed by atoms with Gasteiger partial charge in [0.05, 0.1) is 16.8 Å². The molecule has 0 spiro atoms. The van der Waals surface area contributed by atoms with Gasteiger partial charge in [-0.2, -0.15) is 9.57 Å². The van der Waals surface area contributed by atoms with E-state index in [1.54, 1.807) is 13.0 Å². The van der Waals surface area contributed by atoms with E-state index in [1.165, 1.54) is 18.2 Å². The van der Waals surface area contributed by atoms with Crippen molar-refractivity contribution in [2.45, 2.75) is 12.7 Å². The van der Waals surface area contributed by atoms with Crippen LogP contribution in [0.15, 0.2) is 18.2 Å². The third-order valence-electron chi connectivity index (χ3n) is 2.36. The number of nitrogens with zero attached hydrogens (tertiary/aromatic N) is 2. The molecule has 4 nitrogen and oxygen atoms in total. The standard InChI is InChI=1S/C11H12ClFN2O2S/c1-2-15(7-6-14)18(16,17)8-9-4-3-5-10(12)11(9)13/h3-5H,2,7-8H2,1H3. The van der Waals surface area contributed by atoms with Crippen molar-refractivity contribution >= 4 is 21.6 Å². The lowest BCUT2D eigenvalue weighted by molar-refractivity contribution is 0.460. The fourth-order valence-electron chi connectivity index (χ4n) is 1.43. The summed E-state index contributed by atoms with van der Waals surface area (Å²) < 4.78 is 38.5. The first kappa shape index (κ1) is 14.9. The van der Waals surface area contributed by atoms with E-state index in [1.807, 2.05) is 0 Å². The van der Waals surface area contributed by atoms with Gasteiger partial charge >= 0.3 is 0 Å². The van der Waals surface area contributed by atoms with E-state index < -0.39 is 21.6 Å². The first-order chi connectivity index (χ1) is 8.42. The van der Waals surface area contributed by atoms with Crippen molar-refractivity contribution in [1.29, 1.82) is 5.26 Å². The van der Waals surface area contributed by atoms with Gasteiger partial charge in [0, 0.05) is 12.1 Å². The fraction of sp³-hybridized carbons (Fsp3) is 0.364. The summed E-state index contributed by atoms with van der Waals surface area (Å²) in [4.78, 5) is 0. The van der Waals surface area contributed by atoms with Gasteiger partial charge in [-0.15, -0.1) is 0 Å². The number of nitriles is 1. The van der Waals surface area contributed by atoms with E-state index in [9.17, 15) is 12.8 Å². The molecule has 0 heterocycles. The second kappa shape index (κ2) is 6.14. The maximum Gasteiger partial charge on any atom is 0.219 e. The molecule has 0 atom stereocenters. The fourth-order valence-corrected chi connectivity index (χ4v) is 3.07. The SMILES string of the molecule is CCN(CC#N)S(=O)(=O)Cc1cccc(Cl)c1F. The molecule has 18 heavy (non-hydrogen) atoms. The average molecular weight is 291 g/mol. The Labute approximate surface area is 111 Å². The summed E-state index contributed by atoms with van der Waals surface area (Å²) in [7, 11) is -3.71. The molecule has 0 saturated heterocycles. The van der Waals surface area contributed by atoms with Crippen LogP contribution in [-0.4, -0.2) is 25.8 Å². The summed E-state index contributed by atoms with van der Waals surface area (Å²) in [5, 5.41) is 8.43. The molecule has 0 N–H and O–H groups in total. The molecule has 0 bridgehead atoms. The number of rotatable bonds is 5. The topological polar surface area (TPSA) is 61.2 Å². The van der Waals surface area contributed by atoms with Crippen molar-refractivity contribution in [3.05, 3.63) is 34.6 Å². The Kier molecular flexibility index (Phi) is 5.08. The van der Waals surface area contributed by atoms with Crippen LogP contribution in [0.25, 0.3) is 0 Å². The second-order valence-corrected chi connectivity index (χ2v) is 5.93. The van der Waals surface area contributed by atoms with Gasteiger partial charge < -0.3 is 0 Å². The quantitative estimate of drug-likeness (QED) is 0.781. The van der Waals surface area contributed by atoms with Crippen molar-refractivity contribution < 1.29 is 12.8 Å². The summed E-state index contributed by atoms with van der Waals surface area (Å²) in [6.45, 7) is 1.53. The molecule has 0 amide bonds. The van der Waals surface area contributed by atoms with Crippen LogP contribution in [0.4, 0.5) is 4.39 Å². The van der Waals surface area contributed by atoms with Crippen LogP contribution in [-0.2, 0) is 15.8 Å². The van der Waals surface area contributed by atoms with Crippen LogP contribution in [0.1, 0.15) is 12.5 Å². The summed E-state index contributed by atoms with van der Waals surface area (Å²) in [5.74, 6) is -1.25. The zero-order valence-corrected chi connectivity index (χ0v) is 11.3. The predicted octanol–water partition coefficient (Wildman–Crippen LogP) is 2.15. The Morgan fingerprint density at radius 1 is 1.50 bits per heavy atom. The number of halogens is 2. The average Bonchev–Trinajstić information content (AvgIpc) is 2.31. The number of benzene rings is 1. The van der Waals surface area contributed by atoms with Crippen molar-refractivity contribution in [3.8, 4) is 6.07 Å². The van der Waals surface area contributed by atoms with Gasteiger partial charge in [-0.05, 0) is 6.07 Å². The lowest BCUT2D eigenvalue weighted by Gasteiger charge is -2.17. The molecule has 0 radical (unpaired) electrons. The Hall–Kier alpha value is -1.16. The van der Waals surface area contributed by atoms with Crippen molar-refractivity contribution in [2.24, 2.45) is 0 Å². The highest BCUT2D eigenvalue weighted by atomic mass is 35.5. The molecule has 0 fully saturated rings. The summed E-state index contributed by atoms with van der Waals surface area (Å²) in [6.07, 6.45) is 0. The minimum atomic E-state index is -3.71. The molecule has 1 aromatic carbocycles. The molecule has 0 saturated carbocycles. The molecule has 0 aliphatic carbocycles. The molecule has 0 aliphatic rings. The van der Waals surface area contributed by atoms with Gasteiger partial charge in [0.1, 0.15) is 12.4 Å². The van der Waals surface area contributed by atoms with Gasteiger partial charge in [-0.1, -0.05) is 30.7 Å². The highest BCUT2D eigenvalue weighted by molar-refractivity contribution is 7.88. The van der Waals surface area contributed by atoms with E-state index in [-0.39, 0.29) is 23.7 Å². The lowest BCUT2D eigenvalue weighted by Crippen LogP contribution is -2.32. The summed E-state index contributed by atoms with van der Waals surface area (Å²) in [5.41, 5.74) is -0.00103. The van der Waals surface area contributed by atoms with Crippen LogP contribution < -0.4 is 0 Å². The third-order valence-corrected chi connectivity index (χ3v) is 4.50. The van der Waals surface area contributed by atoms with Gasteiger partial charge in [0.15, 0.2) is 0 Å². The Morgan fingerprint density at radius 3 is 2.72 bits per heavy atom. The van der Waals surface area contributed by atoms with Crippen molar-refractivity contribution in [2.75, 3.05) is 13.1 Å². The van der Waals surface area contributed by atoms with Crippen LogP contribution in [0, 0.1) is 17.1 Å². The van der Waals surface area contributed by atoms with E-state index in [0.29, 0.717) is 0 Å².